The second kappa shape index (κ2) is 8.42. The predicted octanol–water partition coefficient (Wildman–Crippen LogP) is 1.95. The number of nitro groups is 1. The van der Waals surface area contributed by atoms with Gasteiger partial charge < -0.3 is 14.7 Å². The lowest BCUT2D eigenvalue weighted by molar-refractivity contribution is -0.385. The number of amides is 1. The Morgan fingerprint density at radius 3 is 2.21 bits per heavy atom. The molecule has 0 atom stereocenters. The zero-order valence-corrected chi connectivity index (χ0v) is 16.2. The summed E-state index contributed by atoms with van der Waals surface area (Å²) in [7, 11) is 0. The van der Waals surface area contributed by atoms with Gasteiger partial charge in [0.25, 0.3) is 5.69 Å². The summed E-state index contributed by atoms with van der Waals surface area (Å²) in [5, 5.41) is 10.8. The molecule has 152 valence electrons. The minimum absolute atomic E-state index is 0.0105. The van der Waals surface area contributed by atoms with Gasteiger partial charge in [-0.25, -0.2) is 9.97 Å². The second-order valence-electron chi connectivity index (χ2n) is 7.39. The summed E-state index contributed by atoms with van der Waals surface area (Å²) in [6.45, 7) is 4.51. The molecule has 0 unspecified atom stereocenters. The normalized spacial score (nSPS) is 18.0. The molecule has 4 rings (SSSR count). The lowest BCUT2D eigenvalue weighted by Gasteiger charge is -2.39. The molecule has 0 spiro atoms. The Hall–Kier alpha value is -3.23. The van der Waals surface area contributed by atoms with Crippen molar-refractivity contribution in [1.82, 2.24) is 14.9 Å². The molecule has 1 amide bonds. The predicted molar refractivity (Wildman–Crippen MR) is 109 cm³/mol. The van der Waals surface area contributed by atoms with E-state index in [0.717, 1.165) is 63.7 Å². The van der Waals surface area contributed by atoms with Crippen LogP contribution in [0.5, 0.6) is 0 Å². The topological polar surface area (TPSA) is 95.7 Å². The van der Waals surface area contributed by atoms with E-state index < -0.39 is 4.92 Å². The molecule has 9 nitrogen and oxygen atoms in total. The van der Waals surface area contributed by atoms with Gasteiger partial charge in [-0.1, -0.05) is 6.07 Å². The zero-order valence-electron chi connectivity index (χ0n) is 16.2. The van der Waals surface area contributed by atoms with Gasteiger partial charge in [-0.2, -0.15) is 0 Å². The second-order valence-corrected chi connectivity index (χ2v) is 7.39. The number of pyridine rings is 2. The smallest absolute Gasteiger partial charge is 0.287 e. The van der Waals surface area contributed by atoms with Gasteiger partial charge in [0.15, 0.2) is 0 Å². The number of rotatable bonds is 4. The molecule has 0 saturated carbocycles. The highest BCUT2D eigenvalue weighted by Gasteiger charge is 2.31. The first-order valence-corrected chi connectivity index (χ1v) is 9.92. The van der Waals surface area contributed by atoms with Crippen LogP contribution in [0.1, 0.15) is 12.8 Å². The summed E-state index contributed by atoms with van der Waals surface area (Å²) >= 11 is 0. The average Bonchev–Trinajstić information content (AvgIpc) is 2.79. The van der Waals surface area contributed by atoms with Crippen LogP contribution in [0.15, 0.2) is 42.7 Å². The summed E-state index contributed by atoms with van der Waals surface area (Å²) in [5.74, 6) is 1.96. The van der Waals surface area contributed by atoms with E-state index in [0.29, 0.717) is 0 Å². The van der Waals surface area contributed by atoms with Gasteiger partial charge in [-0.3, -0.25) is 14.9 Å². The van der Waals surface area contributed by atoms with Crippen molar-refractivity contribution >= 4 is 23.2 Å². The molecule has 0 aliphatic carbocycles. The van der Waals surface area contributed by atoms with E-state index in [1.165, 1.54) is 12.3 Å². The average molecular weight is 396 g/mol. The third-order valence-electron chi connectivity index (χ3n) is 5.68. The van der Waals surface area contributed by atoms with Crippen LogP contribution < -0.4 is 9.80 Å². The van der Waals surface area contributed by atoms with E-state index in [1.54, 1.807) is 12.3 Å². The minimum atomic E-state index is -0.449. The van der Waals surface area contributed by atoms with Crippen LogP contribution in [0, 0.1) is 16.0 Å². The maximum Gasteiger partial charge on any atom is 0.287 e. The Labute approximate surface area is 169 Å². The largest absolute Gasteiger partial charge is 0.357 e. The molecular formula is C20H24N6O3. The number of carbonyl (C=O) groups excluding carboxylic acids is 1. The highest BCUT2D eigenvalue weighted by atomic mass is 16.6. The van der Waals surface area contributed by atoms with Crippen LogP contribution in [-0.4, -0.2) is 65.0 Å². The van der Waals surface area contributed by atoms with Crippen molar-refractivity contribution in [2.45, 2.75) is 12.8 Å². The fraction of sp³-hybridized carbons (Fsp3) is 0.450. The van der Waals surface area contributed by atoms with Crippen LogP contribution >= 0.6 is 0 Å². The number of carbonyl (C=O) groups is 1. The molecule has 2 fully saturated rings. The summed E-state index contributed by atoms with van der Waals surface area (Å²) in [4.78, 5) is 38.1. The van der Waals surface area contributed by atoms with Crippen LogP contribution in [0.3, 0.4) is 0 Å². The lowest BCUT2D eigenvalue weighted by Crippen LogP contribution is -2.52. The lowest BCUT2D eigenvalue weighted by atomic mass is 9.95. The quantitative estimate of drug-likeness (QED) is 0.576. The van der Waals surface area contributed by atoms with Gasteiger partial charge in [-0.15, -0.1) is 0 Å². The molecular weight excluding hydrogens is 372 g/mol. The third kappa shape index (κ3) is 4.28. The van der Waals surface area contributed by atoms with Crippen molar-refractivity contribution in [3.05, 3.63) is 52.8 Å². The van der Waals surface area contributed by atoms with E-state index in [9.17, 15) is 14.9 Å². The van der Waals surface area contributed by atoms with Crippen molar-refractivity contribution < 1.29 is 9.72 Å². The molecule has 0 aromatic carbocycles. The standard InChI is InChI=1S/C20H24N6O3/c27-20(25-13-11-24(12-14-25)18-3-1-2-8-21-18)16-6-9-23(10-7-16)19-5-4-17(15-22-19)26(28)29/h1-5,8,15-16H,6-7,9-14H2. The number of anilines is 2. The fourth-order valence-electron chi connectivity index (χ4n) is 3.98. The van der Waals surface area contributed by atoms with Crippen LogP contribution in [0.25, 0.3) is 0 Å². The van der Waals surface area contributed by atoms with Crippen LogP contribution in [-0.2, 0) is 4.79 Å². The molecule has 0 radical (unpaired) electrons. The van der Waals surface area contributed by atoms with E-state index >= 15 is 0 Å². The summed E-state index contributed by atoms with van der Waals surface area (Å²) in [6, 6.07) is 9.03. The SMILES string of the molecule is O=C(C1CCN(c2ccc([N+](=O)[O-])cn2)CC1)N1CCN(c2ccccn2)CC1. The van der Waals surface area contributed by atoms with Gasteiger partial charge in [0.05, 0.1) is 4.92 Å². The van der Waals surface area contributed by atoms with Crippen molar-refractivity contribution in [3.8, 4) is 0 Å². The molecule has 2 aromatic rings. The molecule has 2 aromatic heterocycles. The maximum atomic E-state index is 12.9. The Morgan fingerprint density at radius 1 is 0.931 bits per heavy atom. The number of nitrogens with zero attached hydrogens (tertiary/aromatic N) is 6. The van der Waals surface area contributed by atoms with Gasteiger partial charge in [-0.05, 0) is 31.0 Å². The first kappa shape index (κ1) is 19.1. The third-order valence-corrected chi connectivity index (χ3v) is 5.68. The number of piperidine rings is 1. The van der Waals surface area contributed by atoms with Crippen LogP contribution in [0.2, 0.25) is 0 Å². The Morgan fingerprint density at radius 2 is 1.62 bits per heavy atom. The van der Waals surface area contributed by atoms with E-state index in [-0.39, 0.29) is 17.5 Å². The van der Waals surface area contributed by atoms with Gasteiger partial charge >= 0.3 is 0 Å². The summed E-state index contributed by atoms with van der Waals surface area (Å²) < 4.78 is 0. The van der Waals surface area contributed by atoms with Crippen molar-refractivity contribution in [1.29, 1.82) is 0 Å². The van der Waals surface area contributed by atoms with E-state index in [1.807, 2.05) is 23.1 Å². The van der Waals surface area contributed by atoms with Crippen LogP contribution in [0.4, 0.5) is 17.3 Å². The zero-order chi connectivity index (χ0) is 20.2. The Bertz CT molecular complexity index is 844. The highest BCUT2D eigenvalue weighted by Crippen LogP contribution is 2.25. The fourth-order valence-corrected chi connectivity index (χ4v) is 3.98. The molecule has 2 aliphatic heterocycles. The molecule has 29 heavy (non-hydrogen) atoms. The molecule has 2 saturated heterocycles. The monoisotopic (exact) mass is 396 g/mol. The van der Waals surface area contributed by atoms with Gasteiger partial charge in [0, 0.05) is 57.4 Å². The number of hydrogen-bond donors (Lipinski definition) is 0. The van der Waals surface area contributed by atoms with Crippen molar-refractivity contribution in [3.63, 3.8) is 0 Å². The number of aromatic nitrogens is 2. The number of hydrogen-bond acceptors (Lipinski definition) is 7. The first-order valence-electron chi connectivity index (χ1n) is 9.92. The van der Waals surface area contributed by atoms with Gasteiger partial charge in [0.1, 0.15) is 17.8 Å². The first-order chi connectivity index (χ1) is 14.1. The summed E-state index contributed by atoms with van der Waals surface area (Å²) in [6.07, 6.45) is 4.63. The van der Waals surface area contributed by atoms with E-state index in [2.05, 4.69) is 19.8 Å². The maximum absolute atomic E-state index is 12.9. The minimum Gasteiger partial charge on any atom is -0.357 e. The highest BCUT2D eigenvalue weighted by molar-refractivity contribution is 5.79. The molecule has 4 heterocycles. The van der Waals surface area contributed by atoms with Gasteiger partial charge in [0.2, 0.25) is 5.91 Å². The molecule has 2 aliphatic rings. The Kier molecular flexibility index (Phi) is 5.55. The Balaban J connectivity index is 1.28. The molecule has 0 N–H and O–H groups in total. The molecule has 9 heteroatoms. The van der Waals surface area contributed by atoms with E-state index in [4.69, 9.17) is 0 Å². The molecule has 0 bridgehead atoms. The van der Waals surface area contributed by atoms with Crippen molar-refractivity contribution in [2.24, 2.45) is 5.92 Å². The number of piperazine rings is 1. The van der Waals surface area contributed by atoms with Crippen molar-refractivity contribution in [2.75, 3.05) is 49.1 Å². The summed E-state index contributed by atoms with van der Waals surface area (Å²) in [5.41, 5.74) is -0.0105.